The van der Waals surface area contributed by atoms with Crippen LogP contribution in [0.1, 0.15) is 24.0 Å². The van der Waals surface area contributed by atoms with Gasteiger partial charge in [-0.25, -0.2) is 0 Å². The van der Waals surface area contributed by atoms with Gasteiger partial charge in [-0.15, -0.1) is 0 Å². The van der Waals surface area contributed by atoms with Gasteiger partial charge in [0.05, 0.1) is 18.1 Å². The van der Waals surface area contributed by atoms with Crippen LogP contribution in [0.3, 0.4) is 0 Å². The number of benzene rings is 1. The van der Waals surface area contributed by atoms with E-state index in [9.17, 15) is 14.7 Å². The molecule has 0 aliphatic carbocycles. The molecule has 3 rings (SSSR count). The number of nitrogens with one attached hydrogen (secondary N) is 1. The van der Waals surface area contributed by atoms with Crippen molar-refractivity contribution in [3.63, 3.8) is 0 Å². The van der Waals surface area contributed by atoms with Crippen molar-refractivity contribution in [3.8, 4) is 0 Å². The number of carbonyl (C=O) groups is 2. The van der Waals surface area contributed by atoms with Crippen LogP contribution in [-0.4, -0.2) is 24.1 Å². The van der Waals surface area contributed by atoms with E-state index >= 15 is 0 Å². The zero-order valence-electron chi connectivity index (χ0n) is 12.1. The Morgan fingerprint density at radius 1 is 1.14 bits per heavy atom. The summed E-state index contributed by atoms with van der Waals surface area (Å²) >= 11 is 0. The highest BCUT2D eigenvalue weighted by Crippen LogP contribution is 2.43. The topological polar surface area (TPSA) is 78.5 Å². The second-order valence-corrected chi connectivity index (χ2v) is 5.95. The molecule has 2 saturated heterocycles. The first kappa shape index (κ1) is 14.1. The number of carboxylic acid groups (broad SMARTS) is 1. The normalized spacial score (nSPS) is 30.4. The van der Waals surface area contributed by atoms with Gasteiger partial charge in [-0.05, 0) is 49.9 Å². The SMILES string of the molecule is Cc1ccc(NC(=O)[C@@H]2[C@@H](C(=O)[O-])[C@@H]3CC[C@H]2O3)cc1C. The van der Waals surface area contributed by atoms with Gasteiger partial charge in [0.15, 0.2) is 0 Å². The fourth-order valence-corrected chi connectivity index (χ4v) is 3.36. The Kier molecular flexibility index (Phi) is 3.45. The number of ether oxygens (including phenoxy) is 1. The van der Waals surface area contributed by atoms with Crippen molar-refractivity contribution in [3.05, 3.63) is 29.3 Å². The molecular formula is C16H18NO4-. The number of aliphatic carboxylic acids is 1. The maximum Gasteiger partial charge on any atom is 0.230 e. The largest absolute Gasteiger partial charge is 0.550 e. The van der Waals surface area contributed by atoms with Crippen LogP contribution in [0.2, 0.25) is 0 Å². The molecule has 1 aromatic carbocycles. The van der Waals surface area contributed by atoms with Crippen LogP contribution in [0, 0.1) is 25.7 Å². The molecule has 2 fully saturated rings. The van der Waals surface area contributed by atoms with Crippen LogP contribution < -0.4 is 10.4 Å². The number of aryl methyl sites for hydroxylation is 2. The van der Waals surface area contributed by atoms with Crippen molar-refractivity contribution >= 4 is 17.6 Å². The number of carboxylic acids is 1. The Balaban J connectivity index is 1.78. The maximum absolute atomic E-state index is 12.4. The van der Waals surface area contributed by atoms with Gasteiger partial charge < -0.3 is 20.0 Å². The second-order valence-electron chi connectivity index (χ2n) is 5.95. The van der Waals surface area contributed by atoms with Crippen LogP contribution in [0.15, 0.2) is 18.2 Å². The van der Waals surface area contributed by atoms with E-state index in [0.29, 0.717) is 12.1 Å². The minimum absolute atomic E-state index is 0.292. The van der Waals surface area contributed by atoms with Gasteiger partial charge in [0.2, 0.25) is 5.91 Å². The summed E-state index contributed by atoms with van der Waals surface area (Å²) in [6.07, 6.45) is 0.746. The summed E-state index contributed by atoms with van der Waals surface area (Å²) in [5.41, 5.74) is 2.90. The van der Waals surface area contributed by atoms with Crippen LogP contribution in [0.5, 0.6) is 0 Å². The fourth-order valence-electron chi connectivity index (χ4n) is 3.36. The van der Waals surface area contributed by atoms with Gasteiger partial charge in [-0.1, -0.05) is 6.07 Å². The van der Waals surface area contributed by atoms with Crippen LogP contribution in [-0.2, 0) is 14.3 Å². The second kappa shape index (κ2) is 5.15. The van der Waals surface area contributed by atoms with Gasteiger partial charge in [0.25, 0.3) is 0 Å². The third-order valence-electron chi connectivity index (χ3n) is 4.62. The smallest absolute Gasteiger partial charge is 0.230 e. The summed E-state index contributed by atoms with van der Waals surface area (Å²) in [6, 6.07) is 5.64. The lowest BCUT2D eigenvalue weighted by Gasteiger charge is -2.27. The van der Waals surface area contributed by atoms with Gasteiger partial charge in [-0.2, -0.15) is 0 Å². The predicted octanol–water partition coefficient (Wildman–Crippen LogP) is 0.785. The van der Waals surface area contributed by atoms with E-state index < -0.39 is 17.8 Å². The van der Waals surface area contributed by atoms with Crippen molar-refractivity contribution in [2.24, 2.45) is 11.8 Å². The molecule has 0 unspecified atom stereocenters. The lowest BCUT2D eigenvalue weighted by molar-refractivity contribution is -0.313. The molecular weight excluding hydrogens is 270 g/mol. The summed E-state index contributed by atoms with van der Waals surface area (Å²) in [5, 5.41) is 14.1. The first-order valence-electron chi connectivity index (χ1n) is 7.22. The van der Waals surface area contributed by atoms with E-state index in [-0.39, 0.29) is 18.1 Å². The van der Waals surface area contributed by atoms with E-state index in [1.807, 2.05) is 32.0 Å². The zero-order valence-corrected chi connectivity index (χ0v) is 12.1. The molecule has 0 spiro atoms. The molecule has 2 aliphatic rings. The first-order chi connectivity index (χ1) is 9.97. The first-order valence-corrected chi connectivity index (χ1v) is 7.22. The number of hydrogen-bond acceptors (Lipinski definition) is 4. The lowest BCUT2D eigenvalue weighted by atomic mass is 9.78. The average Bonchev–Trinajstić information content (AvgIpc) is 3.03. The molecule has 5 heteroatoms. The molecule has 2 aliphatic heterocycles. The summed E-state index contributed by atoms with van der Waals surface area (Å²) in [5.74, 6) is -2.98. The molecule has 1 amide bonds. The molecule has 1 aromatic rings. The Hall–Kier alpha value is -1.88. The van der Waals surface area contributed by atoms with Crippen molar-refractivity contribution in [2.75, 3.05) is 5.32 Å². The van der Waals surface area contributed by atoms with E-state index in [0.717, 1.165) is 17.5 Å². The molecule has 2 bridgehead atoms. The third kappa shape index (κ3) is 2.42. The zero-order chi connectivity index (χ0) is 15.1. The molecule has 0 aromatic heterocycles. The highest BCUT2D eigenvalue weighted by molar-refractivity contribution is 5.96. The minimum Gasteiger partial charge on any atom is -0.550 e. The number of fused-ring (bicyclic) bond motifs is 2. The average molecular weight is 288 g/mol. The predicted molar refractivity (Wildman–Crippen MR) is 74.4 cm³/mol. The van der Waals surface area contributed by atoms with E-state index in [1.165, 1.54) is 0 Å². The Morgan fingerprint density at radius 3 is 2.43 bits per heavy atom. The molecule has 21 heavy (non-hydrogen) atoms. The van der Waals surface area contributed by atoms with Gasteiger partial charge in [0.1, 0.15) is 0 Å². The number of anilines is 1. The van der Waals surface area contributed by atoms with E-state index in [2.05, 4.69) is 5.32 Å². The number of carbonyl (C=O) groups excluding carboxylic acids is 2. The molecule has 4 atom stereocenters. The third-order valence-corrected chi connectivity index (χ3v) is 4.62. The summed E-state index contributed by atoms with van der Waals surface area (Å²) < 4.78 is 5.58. The van der Waals surface area contributed by atoms with Crippen molar-refractivity contribution in [2.45, 2.75) is 38.9 Å². The Labute approximate surface area is 123 Å². The number of amides is 1. The molecule has 0 saturated carbocycles. The van der Waals surface area contributed by atoms with Crippen LogP contribution >= 0.6 is 0 Å². The van der Waals surface area contributed by atoms with E-state index in [1.54, 1.807) is 0 Å². The van der Waals surface area contributed by atoms with E-state index in [4.69, 9.17) is 4.74 Å². The highest BCUT2D eigenvalue weighted by atomic mass is 16.5. The minimum atomic E-state index is -1.19. The number of hydrogen-bond donors (Lipinski definition) is 1. The van der Waals surface area contributed by atoms with Crippen molar-refractivity contribution in [1.82, 2.24) is 0 Å². The fraction of sp³-hybridized carbons (Fsp3) is 0.500. The summed E-state index contributed by atoms with van der Waals surface area (Å²) in [4.78, 5) is 23.7. The van der Waals surface area contributed by atoms with Gasteiger partial charge in [-0.3, -0.25) is 4.79 Å². The lowest BCUT2D eigenvalue weighted by Crippen LogP contribution is -2.46. The van der Waals surface area contributed by atoms with Crippen LogP contribution in [0.4, 0.5) is 5.69 Å². The molecule has 0 radical (unpaired) electrons. The molecule has 5 nitrogen and oxygen atoms in total. The highest BCUT2D eigenvalue weighted by Gasteiger charge is 2.52. The maximum atomic E-state index is 12.4. The standard InChI is InChI=1S/C16H19NO4/c1-8-3-4-10(7-9(8)2)17-15(18)13-11-5-6-12(21-11)14(13)16(19)20/h3-4,7,11-14H,5-6H2,1-2H3,(H,17,18)(H,19,20)/p-1/t11-,12+,13+,14+/m1/s1. The van der Waals surface area contributed by atoms with Gasteiger partial charge >= 0.3 is 0 Å². The van der Waals surface area contributed by atoms with Crippen molar-refractivity contribution < 1.29 is 19.4 Å². The number of rotatable bonds is 3. The van der Waals surface area contributed by atoms with Gasteiger partial charge in [0, 0.05) is 17.6 Å². The summed E-state index contributed by atoms with van der Waals surface area (Å²) in [7, 11) is 0. The molecule has 2 heterocycles. The summed E-state index contributed by atoms with van der Waals surface area (Å²) in [6.45, 7) is 3.96. The monoisotopic (exact) mass is 288 g/mol. The molecule has 1 N–H and O–H groups in total. The van der Waals surface area contributed by atoms with Crippen LogP contribution in [0.25, 0.3) is 0 Å². The Morgan fingerprint density at radius 2 is 1.81 bits per heavy atom. The quantitative estimate of drug-likeness (QED) is 0.891. The van der Waals surface area contributed by atoms with Crippen molar-refractivity contribution in [1.29, 1.82) is 0 Å². The Bertz CT molecular complexity index is 598. The molecule has 112 valence electrons.